The van der Waals surface area contributed by atoms with Gasteiger partial charge in [0, 0.05) is 22.0 Å². The van der Waals surface area contributed by atoms with Crippen molar-refractivity contribution >= 4 is 46.8 Å². The van der Waals surface area contributed by atoms with Crippen LogP contribution >= 0.6 is 23.5 Å². The first-order valence-corrected chi connectivity index (χ1v) is 10.8. The molecule has 1 amide bonds. The molecule has 1 aromatic heterocycles. The number of amides is 1. The Bertz CT molecular complexity index is 1250. The van der Waals surface area contributed by atoms with Crippen LogP contribution in [-0.4, -0.2) is 22.9 Å². The molecule has 0 spiro atoms. The number of carbonyl (C=O) groups excluding carboxylic acids is 1. The number of hydrogen-bond acceptors (Lipinski definition) is 8. The van der Waals surface area contributed by atoms with E-state index < -0.39 is 5.56 Å². The maximum atomic E-state index is 12.5. The van der Waals surface area contributed by atoms with Crippen molar-refractivity contribution in [3.63, 3.8) is 0 Å². The highest BCUT2D eigenvalue weighted by Crippen LogP contribution is 2.25. The third-order valence-electron chi connectivity index (χ3n) is 4.14. The number of nitriles is 1. The van der Waals surface area contributed by atoms with E-state index in [1.165, 1.54) is 7.05 Å². The molecule has 170 valence electrons. The largest absolute Gasteiger partial charge is 0.333 e. The molecule has 0 aliphatic rings. The lowest BCUT2D eigenvalue weighted by atomic mass is 10.1. The highest BCUT2D eigenvalue weighted by atomic mass is 35.5. The summed E-state index contributed by atoms with van der Waals surface area (Å²) in [6, 6.07) is 15.4. The van der Waals surface area contributed by atoms with Crippen molar-refractivity contribution < 1.29 is 4.79 Å². The van der Waals surface area contributed by atoms with E-state index >= 15 is 0 Å². The molecule has 0 unspecified atom stereocenters. The quantitative estimate of drug-likeness (QED) is 0.261. The number of rotatable bonds is 6. The summed E-state index contributed by atoms with van der Waals surface area (Å²) in [5.41, 5.74) is 5.56. The van der Waals surface area contributed by atoms with E-state index in [0.717, 1.165) is 11.9 Å². The Labute approximate surface area is 200 Å². The second-order valence-electron chi connectivity index (χ2n) is 6.19. The average molecular weight is 484 g/mol. The Morgan fingerprint density at radius 2 is 1.91 bits per heavy atom. The molecule has 33 heavy (non-hydrogen) atoms. The Morgan fingerprint density at radius 1 is 1.21 bits per heavy atom. The maximum Gasteiger partial charge on any atom is 0.270 e. The molecule has 7 N–H and O–H groups in total. The normalized spacial score (nSPS) is 10.5. The maximum absolute atomic E-state index is 12.5. The van der Waals surface area contributed by atoms with Gasteiger partial charge in [-0.3, -0.25) is 19.7 Å². The van der Waals surface area contributed by atoms with E-state index in [-0.39, 0.29) is 23.1 Å². The Hall–Kier alpha value is -3.62. The zero-order valence-electron chi connectivity index (χ0n) is 17.8. The highest BCUT2D eigenvalue weighted by Gasteiger charge is 2.15. The summed E-state index contributed by atoms with van der Waals surface area (Å²) in [5.74, 6) is -0.205. The van der Waals surface area contributed by atoms with Gasteiger partial charge in [-0.05, 0) is 62.3 Å². The molecule has 0 saturated heterocycles. The Balaban J connectivity index is 0.00000187. The van der Waals surface area contributed by atoms with Crippen molar-refractivity contribution in [1.29, 1.82) is 5.26 Å². The van der Waals surface area contributed by atoms with Crippen molar-refractivity contribution in [2.45, 2.75) is 6.92 Å². The summed E-state index contributed by atoms with van der Waals surface area (Å²) in [5, 5.41) is 21.3. The standard InChI is InChI=1S/C21H17ClN6O2S.CH5N/c1-2-17(31-24)20(30)25-15-5-3-4-12(10-15)18-16(11-23)19(29)28-21(27-18)26-14-8-6-13(22)7-9-14;1-2/h2-10H,24H2,1H3,(H,25,30)(H2,26,27,28,29);2H2,1H3/b17-2+;. The van der Waals surface area contributed by atoms with E-state index in [9.17, 15) is 14.9 Å². The number of nitrogens with zero attached hydrogens (tertiary/aromatic N) is 2. The first kappa shape index (κ1) is 25.6. The van der Waals surface area contributed by atoms with Crippen LogP contribution in [0.15, 0.2) is 64.3 Å². The zero-order valence-corrected chi connectivity index (χ0v) is 19.4. The molecule has 3 aromatic rings. The van der Waals surface area contributed by atoms with Crippen molar-refractivity contribution in [2.24, 2.45) is 10.9 Å². The number of aromatic amines is 1. The average Bonchev–Trinajstić information content (AvgIpc) is 2.82. The second kappa shape index (κ2) is 12.4. The van der Waals surface area contributed by atoms with Crippen LogP contribution in [0.1, 0.15) is 12.5 Å². The number of halogens is 1. The molecule has 3 rings (SSSR count). The van der Waals surface area contributed by atoms with Crippen molar-refractivity contribution in [3.8, 4) is 17.3 Å². The van der Waals surface area contributed by atoms with E-state index in [1.54, 1.807) is 61.5 Å². The van der Waals surface area contributed by atoms with Crippen LogP contribution in [0.4, 0.5) is 17.3 Å². The van der Waals surface area contributed by atoms with Gasteiger partial charge in [-0.25, -0.2) is 4.98 Å². The van der Waals surface area contributed by atoms with E-state index in [2.05, 4.69) is 26.3 Å². The molecule has 0 aliphatic heterocycles. The van der Waals surface area contributed by atoms with Gasteiger partial charge in [0.1, 0.15) is 11.6 Å². The molecule has 2 aromatic carbocycles. The van der Waals surface area contributed by atoms with Crippen LogP contribution < -0.4 is 27.1 Å². The number of hydrogen-bond donors (Lipinski definition) is 5. The molecule has 0 fully saturated rings. The number of benzene rings is 2. The predicted octanol–water partition coefficient (Wildman–Crippen LogP) is 3.73. The number of aromatic nitrogens is 2. The second-order valence-corrected chi connectivity index (χ2v) is 7.30. The summed E-state index contributed by atoms with van der Waals surface area (Å²) in [7, 11) is 1.50. The minimum Gasteiger partial charge on any atom is -0.333 e. The van der Waals surface area contributed by atoms with Crippen LogP contribution in [0.5, 0.6) is 0 Å². The number of carbonyl (C=O) groups is 1. The number of nitrogens with two attached hydrogens (primary N) is 2. The number of H-pyrrole nitrogens is 1. The monoisotopic (exact) mass is 483 g/mol. The summed E-state index contributed by atoms with van der Waals surface area (Å²) in [6.07, 6.45) is 1.60. The zero-order chi connectivity index (χ0) is 24.4. The van der Waals surface area contributed by atoms with Crippen LogP contribution in [0.3, 0.4) is 0 Å². The fraction of sp³-hybridized carbons (Fsp3) is 0.0909. The first-order valence-electron chi connectivity index (χ1n) is 9.54. The lowest BCUT2D eigenvalue weighted by Gasteiger charge is -2.11. The van der Waals surface area contributed by atoms with Crippen molar-refractivity contribution in [1.82, 2.24) is 9.97 Å². The summed E-state index contributed by atoms with van der Waals surface area (Å²) in [6.45, 7) is 1.71. The summed E-state index contributed by atoms with van der Waals surface area (Å²) < 4.78 is 0. The van der Waals surface area contributed by atoms with E-state index in [4.69, 9.17) is 16.7 Å². The molecular formula is C22H22ClN7O2S. The summed E-state index contributed by atoms with van der Waals surface area (Å²) in [4.78, 5) is 32.0. The third-order valence-corrected chi connectivity index (χ3v) is 5.07. The minimum atomic E-state index is -0.589. The van der Waals surface area contributed by atoms with Gasteiger partial charge in [-0.1, -0.05) is 29.8 Å². The van der Waals surface area contributed by atoms with Crippen LogP contribution in [0, 0.1) is 11.3 Å². The molecule has 11 heteroatoms. The molecule has 0 bridgehead atoms. The van der Waals surface area contributed by atoms with Gasteiger partial charge in [-0.15, -0.1) is 0 Å². The Morgan fingerprint density at radius 3 is 2.52 bits per heavy atom. The number of anilines is 3. The summed E-state index contributed by atoms with van der Waals surface area (Å²) >= 11 is 6.74. The molecule has 0 saturated carbocycles. The van der Waals surface area contributed by atoms with Crippen LogP contribution in [0.2, 0.25) is 5.02 Å². The predicted molar refractivity (Wildman–Crippen MR) is 134 cm³/mol. The van der Waals surface area contributed by atoms with Gasteiger partial charge in [0.15, 0.2) is 0 Å². The molecular weight excluding hydrogens is 462 g/mol. The van der Waals surface area contributed by atoms with Crippen LogP contribution in [0.25, 0.3) is 11.3 Å². The van der Waals surface area contributed by atoms with Gasteiger partial charge >= 0.3 is 0 Å². The Kier molecular flexibility index (Phi) is 9.65. The fourth-order valence-electron chi connectivity index (χ4n) is 2.70. The van der Waals surface area contributed by atoms with Crippen molar-refractivity contribution in [2.75, 3.05) is 17.7 Å². The number of allylic oxidation sites excluding steroid dienone is 1. The number of nitrogens with one attached hydrogen (secondary N) is 3. The van der Waals surface area contributed by atoms with Gasteiger partial charge in [0.05, 0.1) is 10.6 Å². The van der Waals surface area contributed by atoms with Crippen molar-refractivity contribution in [3.05, 3.63) is 80.5 Å². The highest BCUT2D eigenvalue weighted by molar-refractivity contribution is 8.01. The smallest absolute Gasteiger partial charge is 0.270 e. The van der Waals surface area contributed by atoms with Crippen LogP contribution in [-0.2, 0) is 4.79 Å². The molecule has 1 heterocycles. The minimum absolute atomic E-state index is 0.142. The lowest BCUT2D eigenvalue weighted by molar-refractivity contribution is -0.112. The first-order chi connectivity index (χ1) is 15.9. The van der Waals surface area contributed by atoms with Gasteiger partial charge in [0.25, 0.3) is 11.5 Å². The van der Waals surface area contributed by atoms with Gasteiger partial charge in [0.2, 0.25) is 5.95 Å². The molecule has 0 atom stereocenters. The van der Waals surface area contributed by atoms with Gasteiger partial charge in [-0.2, -0.15) is 5.26 Å². The lowest BCUT2D eigenvalue weighted by Crippen LogP contribution is -2.16. The molecule has 0 radical (unpaired) electrons. The van der Waals surface area contributed by atoms with E-state index in [1.807, 2.05) is 6.07 Å². The van der Waals surface area contributed by atoms with E-state index in [0.29, 0.717) is 26.9 Å². The topological polar surface area (TPSA) is 163 Å². The molecule has 0 aliphatic carbocycles. The third kappa shape index (κ3) is 6.68. The fourth-order valence-corrected chi connectivity index (χ4v) is 3.12. The van der Waals surface area contributed by atoms with Gasteiger partial charge < -0.3 is 16.4 Å². The molecule has 9 nitrogen and oxygen atoms in total. The SMILES string of the molecule is C/C=C(/SN)C(=O)Nc1cccc(-c2nc(Nc3ccc(Cl)cc3)[nH]c(=O)c2C#N)c1.CN.